The third-order valence-electron chi connectivity index (χ3n) is 2.58. The molecule has 0 aliphatic heterocycles. The molecule has 1 heterocycles. The summed E-state index contributed by atoms with van der Waals surface area (Å²) in [6.45, 7) is 0. The highest BCUT2D eigenvalue weighted by Gasteiger charge is 2.30. The Morgan fingerprint density at radius 2 is 1.74 bits per heavy atom. The molecule has 0 atom stereocenters. The highest BCUT2D eigenvalue weighted by Crippen LogP contribution is 2.28. The largest absolute Gasteiger partial charge is 0.417 e. The van der Waals surface area contributed by atoms with Gasteiger partial charge in [0, 0.05) is 12.6 Å². The van der Waals surface area contributed by atoms with E-state index in [0.29, 0.717) is 6.20 Å². The Balaban J connectivity index is 2.12. The van der Waals surface area contributed by atoms with Gasteiger partial charge in [0.25, 0.3) is 0 Å². The summed E-state index contributed by atoms with van der Waals surface area (Å²) in [4.78, 5) is 15.4. The molecule has 1 aromatic carbocycles. The molecule has 0 saturated carbocycles. The van der Waals surface area contributed by atoms with Crippen LogP contribution in [-0.4, -0.2) is 10.8 Å². The lowest BCUT2D eigenvalue weighted by atomic mass is 10.1. The van der Waals surface area contributed by atoms with Crippen LogP contribution in [0.25, 0.3) is 0 Å². The molecule has 19 heavy (non-hydrogen) atoms. The lowest BCUT2D eigenvalue weighted by Gasteiger charge is -2.06. The average molecular weight is 265 g/mol. The quantitative estimate of drug-likeness (QED) is 0.795. The number of pyridine rings is 1. The number of hydrogen-bond donors (Lipinski definition) is 0. The van der Waals surface area contributed by atoms with Gasteiger partial charge in [-0.3, -0.25) is 9.78 Å². The molecule has 0 aliphatic carbocycles. The smallest absolute Gasteiger partial charge is 0.292 e. The molecule has 2 rings (SSSR count). The number of carbonyl (C=O) groups excluding carboxylic acids is 1. The van der Waals surface area contributed by atoms with Gasteiger partial charge < -0.3 is 0 Å². The van der Waals surface area contributed by atoms with E-state index in [9.17, 15) is 18.0 Å². The molecule has 0 radical (unpaired) electrons. The van der Waals surface area contributed by atoms with Gasteiger partial charge in [0.2, 0.25) is 0 Å². The molecular formula is C14H10F3NO. The molecular weight excluding hydrogens is 255 g/mol. The minimum absolute atomic E-state index is 0.0388. The summed E-state index contributed by atoms with van der Waals surface area (Å²) in [6, 6.07) is 10.9. The predicted molar refractivity (Wildman–Crippen MR) is 63.7 cm³/mol. The number of benzene rings is 1. The molecule has 0 bridgehead atoms. The van der Waals surface area contributed by atoms with Crippen molar-refractivity contribution in [1.82, 2.24) is 4.98 Å². The first kappa shape index (κ1) is 13.3. The van der Waals surface area contributed by atoms with Crippen LogP contribution in [0.3, 0.4) is 0 Å². The van der Waals surface area contributed by atoms with Gasteiger partial charge in [-0.15, -0.1) is 0 Å². The Hall–Kier alpha value is -2.17. The third kappa shape index (κ3) is 3.40. The number of aromatic nitrogens is 1. The van der Waals surface area contributed by atoms with Crippen molar-refractivity contribution in [2.24, 2.45) is 0 Å². The normalized spacial score (nSPS) is 11.3. The third-order valence-corrected chi connectivity index (χ3v) is 2.58. The lowest BCUT2D eigenvalue weighted by molar-refractivity contribution is -0.137. The van der Waals surface area contributed by atoms with Crippen LogP contribution in [0.1, 0.15) is 21.6 Å². The zero-order valence-corrected chi connectivity index (χ0v) is 9.82. The fraction of sp³-hybridized carbons (Fsp3) is 0.143. The Bertz CT molecular complexity index is 561. The van der Waals surface area contributed by atoms with E-state index in [1.165, 1.54) is 0 Å². The first-order valence-corrected chi connectivity index (χ1v) is 5.57. The van der Waals surface area contributed by atoms with Crippen molar-refractivity contribution >= 4 is 5.78 Å². The highest BCUT2D eigenvalue weighted by molar-refractivity contribution is 5.95. The van der Waals surface area contributed by atoms with E-state index in [1.54, 1.807) is 24.3 Å². The average Bonchev–Trinajstić information content (AvgIpc) is 2.39. The minimum atomic E-state index is -4.44. The van der Waals surface area contributed by atoms with Gasteiger partial charge in [-0.2, -0.15) is 13.2 Å². The second kappa shape index (κ2) is 5.22. The summed E-state index contributed by atoms with van der Waals surface area (Å²) in [5.41, 5.74) is -0.0187. The number of hydrogen-bond acceptors (Lipinski definition) is 2. The molecule has 2 aromatic rings. The van der Waals surface area contributed by atoms with Gasteiger partial charge in [-0.25, -0.2) is 0 Å². The van der Waals surface area contributed by atoms with Crippen molar-refractivity contribution < 1.29 is 18.0 Å². The number of alkyl halides is 3. The maximum atomic E-state index is 12.3. The van der Waals surface area contributed by atoms with Crippen LogP contribution in [0, 0.1) is 0 Å². The first-order chi connectivity index (χ1) is 8.97. The van der Waals surface area contributed by atoms with Gasteiger partial charge in [0.1, 0.15) is 5.69 Å². The first-order valence-electron chi connectivity index (χ1n) is 5.57. The second-order valence-electron chi connectivity index (χ2n) is 4.02. The summed E-state index contributed by atoms with van der Waals surface area (Å²) < 4.78 is 37.0. The second-order valence-corrected chi connectivity index (χ2v) is 4.02. The molecule has 0 saturated heterocycles. The molecule has 0 aliphatic rings. The minimum Gasteiger partial charge on any atom is -0.292 e. The molecule has 0 amide bonds. The summed E-state index contributed by atoms with van der Waals surface area (Å²) >= 11 is 0. The SMILES string of the molecule is O=C(Cc1ccccc1)c1ccc(C(F)(F)F)cn1. The fourth-order valence-corrected chi connectivity index (χ4v) is 1.60. The van der Waals surface area contributed by atoms with Gasteiger partial charge in [-0.1, -0.05) is 30.3 Å². The predicted octanol–water partition coefficient (Wildman–Crippen LogP) is 3.53. The van der Waals surface area contributed by atoms with Gasteiger partial charge >= 0.3 is 6.18 Å². The Morgan fingerprint density at radius 3 is 2.26 bits per heavy atom. The van der Waals surface area contributed by atoms with E-state index in [0.717, 1.165) is 17.7 Å². The Morgan fingerprint density at radius 1 is 1.05 bits per heavy atom. The van der Waals surface area contributed by atoms with Crippen molar-refractivity contribution in [3.8, 4) is 0 Å². The van der Waals surface area contributed by atoms with Crippen molar-refractivity contribution in [3.63, 3.8) is 0 Å². The van der Waals surface area contributed by atoms with E-state index < -0.39 is 11.7 Å². The van der Waals surface area contributed by atoms with Crippen LogP contribution in [0.4, 0.5) is 13.2 Å². The summed E-state index contributed by atoms with van der Waals surface area (Å²) in [5.74, 6) is -0.306. The summed E-state index contributed by atoms with van der Waals surface area (Å²) in [5, 5.41) is 0. The van der Waals surface area contributed by atoms with Crippen LogP contribution in [0.15, 0.2) is 48.7 Å². The molecule has 0 fully saturated rings. The Labute approximate surface area is 107 Å². The summed E-state index contributed by atoms with van der Waals surface area (Å²) in [7, 11) is 0. The topological polar surface area (TPSA) is 30.0 Å². The molecule has 5 heteroatoms. The molecule has 0 N–H and O–H groups in total. The maximum Gasteiger partial charge on any atom is 0.417 e. The van der Waals surface area contributed by atoms with Crippen molar-refractivity contribution in [2.75, 3.05) is 0 Å². The van der Waals surface area contributed by atoms with Crippen LogP contribution in [-0.2, 0) is 12.6 Å². The number of rotatable bonds is 3. The standard InChI is InChI=1S/C14H10F3NO/c15-14(16,17)11-6-7-12(18-9-11)13(19)8-10-4-2-1-3-5-10/h1-7,9H,8H2. The molecule has 0 unspecified atom stereocenters. The number of halogens is 3. The van der Waals surface area contributed by atoms with Crippen molar-refractivity contribution in [1.29, 1.82) is 0 Å². The summed E-state index contributed by atoms with van der Waals surface area (Å²) in [6.07, 6.45) is -3.63. The monoisotopic (exact) mass is 265 g/mol. The van der Waals surface area contributed by atoms with E-state index in [2.05, 4.69) is 4.98 Å². The van der Waals surface area contributed by atoms with Crippen LogP contribution >= 0.6 is 0 Å². The van der Waals surface area contributed by atoms with Crippen LogP contribution in [0.2, 0.25) is 0 Å². The lowest BCUT2D eigenvalue weighted by Crippen LogP contribution is -2.09. The van der Waals surface area contributed by atoms with Gasteiger partial charge in [0.15, 0.2) is 5.78 Å². The molecule has 2 nitrogen and oxygen atoms in total. The van der Waals surface area contributed by atoms with Crippen LogP contribution < -0.4 is 0 Å². The Kier molecular flexibility index (Phi) is 3.64. The molecule has 98 valence electrons. The number of ketones is 1. The highest BCUT2D eigenvalue weighted by atomic mass is 19.4. The number of nitrogens with zero attached hydrogens (tertiary/aromatic N) is 1. The van der Waals surface area contributed by atoms with E-state index in [4.69, 9.17) is 0 Å². The van der Waals surface area contributed by atoms with E-state index >= 15 is 0 Å². The van der Waals surface area contributed by atoms with Gasteiger partial charge in [0.05, 0.1) is 5.56 Å². The number of carbonyl (C=O) groups is 1. The van der Waals surface area contributed by atoms with E-state index in [-0.39, 0.29) is 17.9 Å². The number of Topliss-reactive ketones (excluding diaryl/α,β-unsaturated/α-hetero) is 1. The maximum absolute atomic E-state index is 12.3. The van der Waals surface area contributed by atoms with Crippen molar-refractivity contribution in [3.05, 3.63) is 65.5 Å². The van der Waals surface area contributed by atoms with Crippen molar-refractivity contribution in [2.45, 2.75) is 12.6 Å². The molecule has 1 aromatic heterocycles. The van der Waals surface area contributed by atoms with Gasteiger partial charge in [-0.05, 0) is 17.7 Å². The fourth-order valence-electron chi connectivity index (χ4n) is 1.60. The van der Waals surface area contributed by atoms with E-state index in [1.807, 2.05) is 6.07 Å². The zero-order chi connectivity index (χ0) is 13.9. The molecule has 0 spiro atoms. The zero-order valence-electron chi connectivity index (χ0n) is 9.82. The van der Waals surface area contributed by atoms with Crippen LogP contribution in [0.5, 0.6) is 0 Å².